The predicted octanol–water partition coefficient (Wildman–Crippen LogP) is 4.36. The number of rotatable bonds is 2. The molecule has 0 spiro atoms. The van der Waals surface area contributed by atoms with E-state index in [0.29, 0.717) is 25.4 Å². The maximum atomic E-state index is 13.0. The normalized spacial score (nSPS) is 19.1. The lowest BCUT2D eigenvalue weighted by atomic mass is 10.0. The minimum atomic E-state index is -0.325. The lowest BCUT2D eigenvalue weighted by Crippen LogP contribution is -2.34. The Morgan fingerprint density at radius 2 is 1.81 bits per heavy atom. The van der Waals surface area contributed by atoms with Gasteiger partial charge in [-0.05, 0) is 54.8 Å². The molecule has 0 radical (unpaired) electrons. The molecular formula is C20H21FN2O3. The number of likely N-dealkylation sites (tertiary alicyclic amines) is 1. The number of halogens is 1. The summed E-state index contributed by atoms with van der Waals surface area (Å²) in [6.45, 7) is 1.98. The predicted molar refractivity (Wildman–Crippen MR) is 96.1 cm³/mol. The highest BCUT2D eigenvalue weighted by Gasteiger charge is 2.31. The zero-order chi connectivity index (χ0) is 17.9. The molecular weight excluding hydrogens is 335 g/mol. The fourth-order valence-electron chi connectivity index (χ4n) is 3.47. The summed E-state index contributed by atoms with van der Waals surface area (Å²) in [5, 5.41) is 2.85. The lowest BCUT2D eigenvalue weighted by Gasteiger charge is -2.26. The zero-order valence-electron chi connectivity index (χ0n) is 14.4. The summed E-state index contributed by atoms with van der Waals surface area (Å²) in [4.78, 5) is 14.5. The van der Waals surface area contributed by atoms with Gasteiger partial charge in [0.1, 0.15) is 5.82 Å². The lowest BCUT2D eigenvalue weighted by molar-refractivity contribution is 0.207. The summed E-state index contributed by atoms with van der Waals surface area (Å²) in [5.41, 5.74) is 1.63. The minimum absolute atomic E-state index is 0.00685. The van der Waals surface area contributed by atoms with Crippen LogP contribution in [-0.4, -0.2) is 30.7 Å². The molecule has 136 valence electrons. The number of carbonyl (C=O) groups excluding carboxylic acids is 1. The van der Waals surface area contributed by atoms with Crippen molar-refractivity contribution in [2.24, 2.45) is 0 Å². The van der Waals surface area contributed by atoms with Crippen LogP contribution in [0.3, 0.4) is 0 Å². The molecule has 1 N–H and O–H groups in total. The van der Waals surface area contributed by atoms with Crippen LogP contribution < -0.4 is 14.8 Å². The van der Waals surface area contributed by atoms with E-state index in [0.717, 1.165) is 36.3 Å². The zero-order valence-corrected chi connectivity index (χ0v) is 14.4. The van der Waals surface area contributed by atoms with Crippen molar-refractivity contribution in [3.63, 3.8) is 0 Å². The maximum absolute atomic E-state index is 13.0. The van der Waals surface area contributed by atoms with Gasteiger partial charge in [-0.1, -0.05) is 6.07 Å². The highest BCUT2D eigenvalue weighted by atomic mass is 19.1. The van der Waals surface area contributed by atoms with Crippen LogP contribution in [-0.2, 0) is 0 Å². The molecule has 2 aromatic carbocycles. The first-order valence-electron chi connectivity index (χ1n) is 8.93. The van der Waals surface area contributed by atoms with E-state index in [1.807, 2.05) is 23.1 Å². The van der Waals surface area contributed by atoms with Crippen LogP contribution in [0.1, 0.15) is 30.9 Å². The van der Waals surface area contributed by atoms with E-state index >= 15 is 0 Å². The van der Waals surface area contributed by atoms with Crippen LogP contribution in [0.2, 0.25) is 0 Å². The summed E-state index contributed by atoms with van der Waals surface area (Å²) in [5.74, 6) is 1.17. The Morgan fingerprint density at radius 1 is 1.04 bits per heavy atom. The molecule has 2 heterocycles. The molecule has 1 fully saturated rings. The molecule has 1 atom stereocenters. The van der Waals surface area contributed by atoms with E-state index in [-0.39, 0.29) is 17.9 Å². The largest absolute Gasteiger partial charge is 0.490 e. The number of anilines is 1. The van der Waals surface area contributed by atoms with E-state index in [1.54, 1.807) is 12.1 Å². The molecule has 0 saturated carbocycles. The first-order chi connectivity index (χ1) is 12.7. The fourth-order valence-corrected chi connectivity index (χ4v) is 3.47. The Balaban J connectivity index is 1.52. The van der Waals surface area contributed by atoms with E-state index < -0.39 is 0 Å². The SMILES string of the molecule is O=C(Nc1ccc(F)cc1)N1CCC[C@@H]1c1ccc2c(c1)OCCCO2. The molecule has 1 saturated heterocycles. The van der Waals surface area contributed by atoms with Gasteiger partial charge in [0, 0.05) is 18.7 Å². The van der Waals surface area contributed by atoms with E-state index in [2.05, 4.69) is 5.32 Å². The number of nitrogens with one attached hydrogen (secondary N) is 1. The van der Waals surface area contributed by atoms with E-state index in [9.17, 15) is 9.18 Å². The summed E-state index contributed by atoms with van der Waals surface area (Å²) in [6.07, 6.45) is 2.70. The smallest absolute Gasteiger partial charge is 0.322 e. The Labute approximate surface area is 151 Å². The topological polar surface area (TPSA) is 50.8 Å². The second-order valence-corrected chi connectivity index (χ2v) is 6.55. The number of benzene rings is 2. The molecule has 2 amide bonds. The van der Waals surface area contributed by atoms with Gasteiger partial charge in [-0.15, -0.1) is 0 Å². The van der Waals surface area contributed by atoms with Gasteiger partial charge in [0.2, 0.25) is 0 Å². The van der Waals surface area contributed by atoms with Gasteiger partial charge < -0.3 is 19.7 Å². The molecule has 0 aromatic heterocycles. The van der Waals surface area contributed by atoms with Crippen LogP contribution in [0.25, 0.3) is 0 Å². The van der Waals surface area contributed by atoms with E-state index in [4.69, 9.17) is 9.47 Å². The van der Waals surface area contributed by atoms with Crippen molar-refractivity contribution in [2.75, 3.05) is 25.1 Å². The monoisotopic (exact) mass is 356 g/mol. The molecule has 0 aliphatic carbocycles. The van der Waals surface area contributed by atoms with Crippen LogP contribution in [0.4, 0.5) is 14.9 Å². The van der Waals surface area contributed by atoms with Gasteiger partial charge in [0.15, 0.2) is 11.5 Å². The van der Waals surface area contributed by atoms with Crippen molar-refractivity contribution in [3.8, 4) is 11.5 Å². The Morgan fingerprint density at radius 3 is 2.62 bits per heavy atom. The third kappa shape index (κ3) is 3.45. The average molecular weight is 356 g/mol. The van der Waals surface area contributed by atoms with Crippen molar-refractivity contribution in [2.45, 2.75) is 25.3 Å². The molecule has 2 aliphatic heterocycles. The van der Waals surface area contributed by atoms with Gasteiger partial charge in [-0.3, -0.25) is 0 Å². The first-order valence-corrected chi connectivity index (χ1v) is 8.93. The van der Waals surface area contributed by atoms with Gasteiger partial charge >= 0.3 is 6.03 Å². The maximum Gasteiger partial charge on any atom is 0.322 e. The number of hydrogen-bond acceptors (Lipinski definition) is 3. The number of carbonyl (C=O) groups is 1. The van der Waals surface area contributed by atoms with Crippen LogP contribution in [0.5, 0.6) is 11.5 Å². The Bertz CT molecular complexity index is 794. The Kier molecular flexibility index (Phi) is 4.65. The van der Waals surface area contributed by atoms with Gasteiger partial charge in [-0.25, -0.2) is 9.18 Å². The quantitative estimate of drug-likeness (QED) is 0.870. The summed E-state index contributed by atoms with van der Waals surface area (Å²) < 4.78 is 24.5. The molecule has 26 heavy (non-hydrogen) atoms. The molecule has 5 nitrogen and oxygen atoms in total. The number of amides is 2. The number of fused-ring (bicyclic) bond motifs is 1. The molecule has 4 rings (SSSR count). The van der Waals surface area contributed by atoms with Crippen LogP contribution >= 0.6 is 0 Å². The van der Waals surface area contributed by atoms with Crippen molar-refractivity contribution in [3.05, 3.63) is 53.8 Å². The second kappa shape index (κ2) is 7.23. The number of hydrogen-bond donors (Lipinski definition) is 1. The highest BCUT2D eigenvalue weighted by molar-refractivity contribution is 5.89. The third-order valence-corrected chi connectivity index (χ3v) is 4.77. The first kappa shape index (κ1) is 16.7. The van der Waals surface area contributed by atoms with Crippen LogP contribution in [0.15, 0.2) is 42.5 Å². The number of nitrogens with zero attached hydrogens (tertiary/aromatic N) is 1. The average Bonchev–Trinajstić information content (AvgIpc) is 3.02. The minimum Gasteiger partial charge on any atom is -0.490 e. The number of ether oxygens (including phenoxy) is 2. The molecule has 0 bridgehead atoms. The standard InChI is InChI=1S/C20H21FN2O3/c21-15-5-7-16(8-6-15)22-20(24)23-10-1-3-17(23)14-4-9-18-19(13-14)26-12-2-11-25-18/h4-9,13,17H,1-3,10-12H2,(H,22,24)/t17-/m1/s1. The van der Waals surface area contributed by atoms with E-state index in [1.165, 1.54) is 12.1 Å². The fraction of sp³-hybridized carbons (Fsp3) is 0.350. The summed E-state index contributed by atoms with van der Waals surface area (Å²) in [7, 11) is 0. The second-order valence-electron chi connectivity index (χ2n) is 6.55. The highest BCUT2D eigenvalue weighted by Crippen LogP contribution is 2.38. The molecule has 6 heteroatoms. The van der Waals surface area contributed by atoms with Gasteiger partial charge in [0.25, 0.3) is 0 Å². The van der Waals surface area contributed by atoms with Crippen molar-refractivity contribution in [1.29, 1.82) is 0 Å². The van der Waals surface area contributed by atoms with Gasteiger partial charge in [-0.2, -0.15) is 0 Å². The van der Waals surface area contributed by atoms with Crippen molar-refractivity contribution in [1.82, 2.24) is 4.90 Å². The van der Waals surface area contributed by atoms with Crippen molar-refractivity contribution < 1.29 is 18.7 Å². The summed E-state index contributed by atoms with van der Waals surface area (Å²) in [6, 6.07) is 11.5. The van der Waals surface area contributed by atoms with Gasteiger partial charge in [0.05, 0.1) is 19.3 Å². The third-order valence-electron chi connectivity index (χ3n) is 4.77. The molecule has 2 aliphatic rings. The Hall–Kier alpha value is -2.76. The molecule has 2 aromatic rings. The summed E-state index contributed by atoms with van der Waals surface area (Å²) >= 11 is 0. The molecule has 0 unspecified atom stereocenters. The number of urea groups is 1. The van der Waals surface area contributed by atoms with Crippen LogP contribution in [0, 0.1) is 5.82 Å². The van der Waals surface area contributed by atoms with Crippen molar-refractivity contribution >= 4 is 11.7 Å².